The number of ether oxygens (including phenoxy) is 1. The number of aromatic nitrogens is 6. The minimum Gasteiger partial charge on any atom is -0.447 e. The summed E-state index contributed by atoms with van der Waals surface area (Å²) in [6.45, 7) is 1.94. The molecule has 0 N–H and O–H groups in total. The number of hydrogen-bond donors (Lipinski definition) is 0. The predicted octanol–water partition coefficient (Wildman–Crippen LogP) is 1.66. The Labute approximate surface area is 182 Å². The van der Waals surface area contributed by atoms with Gasteiger partial charge in [-0.3, -0.25) is 9.69 Å². The first-order valence-corrected chi connectivity index (χ1v) is 10.3. The number of rotatable bonds is 6. The van der Waals surface area contributed by atoms with Crippen molar-refractivity contribution in [1.82, 2.24) is 34.9 Å². The Balaban J connectivity index is 1.34. The van der Waals surface area contributed by atoms with Crippen molar-refractivity contribution >= 4 is 18.1 Å². The molecule has 4 heterocycles. The van der Waals surface area contributed by atoms with Crippen molar-refractivity contribution in [3.63, 3.8) is 0 Å². The third kappa shape index (κ3) is 3.67. The van der Waals surface area contributed by atoms with Crippen molar-refractivity contribution in [2.45, 2.75) is 25.0 Å². The molecule has 12 heteroatoms. The summed E-state index contributed by atoms with van der Waals surface area (Å²) in [4.78, 5) is 26.5. The highest BCUT2D eigenvalue weighted by atomic mass is 19.1. The molecule has 166 valence electrons. The molecule has 2 aliphatic heterocycles. The Morgan fingerprint density at radius 1 is 1.19 bits per heavy atom. The fraction of sp³-hybridized carbons (Fsp3) is 0.400. The molecule has 0 saturated carbocycles. The van der Waals surface area contributed by atoms with Gasteiger partial charge in [0, 0.05) is 19.3 Å². The zero-order valence-electron chi connectivity index (χ0n) is 17.1. The number of carbonyl (C=O) groups is 2. The maximum atomic E-state index is 15.2. The van der Waals surface area contributed by atoms with E-state index in [0.29, 0.717) is 42.9 Å². The zero-order valence-corrected chi connectivity index (χ0v) is 17.1. The lowest BCUT2D eigenvalue weighted by atomic mass is 10.0. The van der Waals surface area contributed by atoms with Gasteiger partial charge in [0.1, 0.15) is 18.1 Å². The Morgan fingerprint density at radius 3 is 2.66 bits per heavy atom. The monoisotopic (exact) mass is 440 g/mol. The molecule has 0 spiro atoms. The number of carbonyl (C=O) groups excluding carboxylic acids is 2. The molecule has 0 aliphatic carbocycles. The molecule has 11 nitrogen and oxygen atoms in total. The van der Waals surface area contributed by atoms with Gasteiger partial charge in [-0.15, -0.1) is 10.2 Å². The first-order chi connectivity index (χ1) is 15.6. The Hall–Kier alpha value is -3.83. The number of hydrogen-bond acceptors (Lipinski definition) is 8. The van der Waals surface area contributed by atoms with Crippen LogP contribution in [0.3, 0.4) is 0 Å². The molecule has 2 aliphatic rings. The molecule has 1 atom stereocenters. The van der Waals surface area contributed by atoms with Gasteiger partial charge in [-0.2, -0.15) is 0 Å². The summed E-state index contributed by atoms with van der Waals surface area (Å²) in [7, 11) is 0. The van der Waals surface area contributed by atoms with Gasteiger partial charge < -0.3 is 9.64 Å². The topological polar surface area (TPSA) is 111 Å². The maximum absolute atomic E-state index is 15.2. The summed E-state index contributed by atoms with van der Waals surface area (Å²) in [5, 5.41) is 15.6. The number of cyclic esters (lactones) is 1. The first kappa shape index (κ1) is 20.1. The molecule has 1 aromatic carbocycles. The summed E-state index contributed by atoms with van der Waals surface area (Å²) < 4.78 is 23.5. The predicted molar refractivity (Wildman–Crippen MR) is 109 cm³/mol. The van der Waals surface area contributed by atoms with E-state index in [1.807, 2.05) is 4.90 Å². The van der Waals surface area contributed by atoms with E-state index < -0.39 is 12.3 Å². The van der Waals surface area contributed by atoms with Crippen LogP contribution < -0.4 is 4.90 Å². The van der Waals surface area contributed by atoms with E-state index in [0.717, 1.165) is 12.8 Å². The van der Waals surface area contributed by atoms with E-state index in [-0.39, 0.29) is 18.5 Å². The smallest absolute Gasteiger partial charge is 0.411 e. The van der Waals surface area contributed by atoms with Crippen LogP contribution in [0, 0.1) is 5.82 Å². The number of amides is 1. The highest BCUT2D eigenvalue weighted by Crippen LogP contribution is 2.32. The first-order valence-electron chi connectivity index (χ1n) is 10.3. The molecule has 32 heavy (non-hydrogen) atoms. The van der Waals surface area contributed by atoms with Crippen LogP contribution in [-0.4, -0.2) is 73.5 Å². The molecule has 3 aromatic rings. The van der Waals surface area contributed by atoms with Gasteiger partial charge in [-0.25, -0.2) is 18.5 Å². The molecule has 2 saturated heterocycles. The number of aldehydes is 1. The van der Waals surface area contributed by atoms with Crippen LogP contribution in [0.2, 0.25) is 0 Å². The summed E-state index contributed by atoms with van der Waals surface area (Å²) in [6.07, 6.45) is 5.85. The second-order valence-electron chi connectivity index (χ2n) is 7.73. The van der Waals surface area contributed by atoms with Gasteiger partial charge >= 0.3 is 6.09 Å². The average molecular weight is 440 g/mol. The van der Waals surface area contributed by atoms with E-state index in [2.05, 4.69) is 20.6 Å². The number of benzene rings is 1. The van der Waals surface area contributed by atoms with Crippen molar-refractivity contribution < 1.29 is 18.7 Å². The Kier molecular flexibility index (Phi) is 5.25. The third-order valence-corrected chi connectivity index (χ3v) is 5.88. The molecule has 1 amide bonds. The average Bonchev–Trinajstić information content (AvgIpc) is 3.58. The molecule has 5 rings (SSSR count). The maximum Gasteiger partial charge on any atom is 0.411 e. The van der Waals surface area contributed by atoms with Gasteiger partial charge in [-0.05, 0) is 30.5 Å². The van der Waals surface area contributed by atoms with Gasteiger partial charge in [0.15, 0.2) is 12.5 Å². The van der Waals surface area contributed by atoms with Gasteiger partial charge in [0.25, 0.3) is 0 Å². The van der Waals surface area contributed by atoms with E-state index in [1.165, 1.54) is 21.8 Å². The molecule has 2 aromatic heterocycles. The van der Waals surface area contributed by atoms with Crippen molar-refractivity contribution in [2.75, 3.05) is 31.1 Å². The van der Waals surface area contributed by atoms with Crippen molar-refractivity contribution in [3.05, 3.63) is 53.9 Å². The van der Waals surface area contributed by atoms with E-state index in [1.54, 1.807) is 29.2 Å². The van der Waals surface area contributed by atoms with Crippen LogP contribution >= 0.6 is 0 Å². The lowest BCUT2D eigenvalue weighted by Gasteiger charge is -2.34. The fourth-order valence-electron chi connectivity index (χ4n) is 4.29. The number of halogens is 1. The third-order valence-electron chi connectivity index (χ3n) is 5.88. The molecule has 2 fully saturated rings. The Bertz CT molecular complexity index is 1110. The van der Waals surface area contributed by atoms with Crippen molar-refractivity contribution in [2.24, 2.45) is 0 Å². The second-order valence-corrected chi connectivity index (χ2v) is 7.73. The van der Waals surface area contributed by atoms with Gasteiger partial charge in [0.05, 0.1) is 30.7 Å². The summed E-state index contributed by atoms with van der Waals surface area (Å²) >= 11 is 0. The lowest BCUT2D eigenvalue weighted by Crippen LogP contribution is -2.36. The van der Waals surface area contributed by atoms with E-state index in [4.69, 9.17) is 4.74 Å². The van der Waals surface area contributed by atoms with E-state index in [9.17, 15) is 9.59 Å². The minimum atomic E-state index is -0.638. The largest absolute Gasteiger partial charge is 0.447 e. The van der Waals surface area contributed by atoms with E-state index >= 15 is 4.39 Å². The zero-order chi connectivity index (χ0) is 22.1. The highest BCUT2D eigenvalue weighted by Gasteiger charge is 2.33. The normalized spacial score (nSPS) is 18.1. The molecule has 0 unspecified atom stereocenters. The highest BCUT2D eigenvalue weighted by molar-refractivity contribution is 5.70. The minimum absolute atomic E-state index is 0.118. The number of anilines is 1. The molecular formula is C20H21FN8O3. The quantitative estimate of drug-likeness (QED) is 0.532. The van der Waals surface area contributed by atoms with Crippen LogP contribution in [0.1, 0.15) is 41.1 Å². The molecule has 0 radical (unpaired) electrons. The summed E-state index contributed by atoms with van der Waals surface area (Å²) in [5.41, 5.74) is 1.38. The fourth-order valence-corrected chi connectivity index (χ4v) is 4.29. The van der Waals surface area contributed by atoms with Crippen LogP contribution in [0.5, 0.6) is 0 Å². The molecule has 0 bridgehead atoms. The summed E-state index contributed by atoms with van der Waals surface area (Å²) in [6, 6.07) is 5.09. The van der Waals surface area contributed by atoms with Crippen LogP contribution in [0.4, 0.5) is 14.9 Å². The van der Waals surface area contributed by atoms with Crippen LogP contribution in [0.25, 0.3) is 0 Å². The second kappa shape index (κ2) is 8.36. The van der Waals surface area contributed by atoms with Crippen LogP contribution in [-0.2, 0) is 4.74 Å². The van der Waals surface area contributed by atoms with Gasteiger partial charge in [0.2, 0.25) is 0 Å². The number of piperidine rings is 1. The number of nitrogens with zero attached hydrogens (tertiary/aromatic N) is 8. The SMILES string of the molecule is O=Cc1cn(C2CCN(c3ccc([C@H](N4CCOC4=O)n4ccnn4)cc3F)CC2)nn1. The summed E-state index contributed by atoms with van der Waals surface area (Å²) in [5.74, 6) is -0.373. The van der Waals surface area contributed by atoms with Crippen molar-refractivity contribution in [1.29, 1.82) is 0 Å². The van der Waals surface area contributed by atoms with Gasteiger partial charge in [-0.1, -0.05) is 16.5 Å². The van der Waals surface area contributed by atoms with Crippen LogP contribution in [0.15, 0.2) is 36.8 Å². The standard InChI is InChI=1S/C20H21FN8O3/c21-17-11-14(19(28-8-5-22-24-28)27-9-10-32-20(27)31)1-2-18(17)26-6-3-16(4-7-26)29-12-15(13-30)23-25-29/h1-2,5,8,11-13,16,19H,3-4,6-7,9-10H2/t19-/m1/s1. The molecular weight excluding hydrogens is 419 g/mol. The lowest BCUT2D eigenvalue weighted by molar-refractivity contribution is 0.111. The Morgan fingerprint density at radius 2 is 2.03 bits per heavy atom. The van der Waals surface area contributed by atoms with Crippen molar-refractivity contribution in [3.8, 4) is 0 Å².